The molecule has 0 spiro atoms. The van der Waals surface area contributed by atoms with Gasteiger partial charge in [-0.1, -0.05) is 18.2 Å². The van der Waals surface area contributed by atoms with Crippen molar-refractivity contribution in [3.05, 3.63) is 88.7 Å². The zero-order chi connectivity index (χ0) is 38.1. The number of rotatable bonds is 13. The summed E-state index contributed by atoms with van der Waals surface area (Å²) in [5.41, 5.74) is -0.531. The number of aromatic nitrogens is 7. The van der Waals surface area contributed by atoms with Crippen LogP contribution in [0, 0.1) is 12.4 Å². The van der Waals surface area contributed by atoms with Crippen molar-refractivity contribution in [2.45, 2.75) is 49.2 Å². The number of aliphatic hydroxyl groups is 2. The van der Waals surface area contributed by atoms with Gasteiger partial charge in [0.05, 0.1) is 19.3 Å². The van der Waals surface area contributed by atoms with Crippen LogP contribution in [0.5, 0.6) is 0 Å². The molecule has 0 aliphatic carbocycles. The Morgan fingerprint density at radius 1 is 1.07 bits per heavy atom. The second kappa shape index (κ2) is 15.5. The first-order valence-electron chi connectivity index (χ1n) is 16.2. The number of nitrogens with one attached hydrogen (secondary N) is 2. The van der Waals surface area contributed by atoms with E-state index in [1.807, 2.05) is 0 Å². The third-order valence-electron chi connectivity index (χ3n) is 8.65. The van der Waals surface area contributed by atoms with E-state index in [9.17, 15) is 24.2 Å². The molecule has 23 heteroatoms. The maximum Gasteiger partial charge on any atom is 0.263 e. The molecule has 6 heterocycles. The van der Waals surface area contributed by atoms with Crippen molar-refractivity contribution in [2.24, 2.45) is 0 Å². The summed E-state index contributed by atoms with van der Waals surface area (Å²) in [4.78, 5) is 46.7. The number of anilines is 1. The van der Waals surface area contributed by atoms with Gasteiger partial charge in [-0.15, -0.1) is 0 Å². The molecule has 2 aliphatic rings. The van der Waals surface area contributed by atoms with E-state index in [0.29, 0.717) is 5.56 Å². The number of carbonyl (C=O) groups is 1. The molecule has 9 atom stereocenters. The minimum atomic E-state index is -4.19. The Kier molecular flexibility index (Phi) is 10.7. The Hall–Kier alpha value is -4.85. The minimum absolute atomic E-state index is 0.0402. The largest absolute Gasteiger partial charge is 0.394 e. The van der Waals surface area contributed by atoms with Crippen LogP contribution in [0.3, 0.4) is 0 Å². The van der Waals surface area contributed by atoms with Gasteiger partial charge in [-0.25, -0.2) is 53.3 Å². The van der Waals surface area contributed by atoms with Crippen molar-refractivity contribution in [2.75, 3.05) is 31.7 Å². The summed E-state index contributed by atoms with van der Waals surface area (Å²) in [5, 5.41) is 23.1. The van der Waals surface area contributed by atoms with Crippen LogP contribution in [0.2, 0.25) is 0 Å². The SMILES string of the molecule is [B-][P+](OCC[N+]#[C-])(OC[C@H]1O[C@@H](n2cnc3c(NC(=O)c4ccccc4)ncnc32)[C@@H](F)C1O)OC1[C@@H](CO)O[C@@H](n2cc(F)c3c(=O)[nH]cnc32)[C@H]1F. The molecule has 5 aromatic rings. The molecule has 7 rings (SSSR count). The number of carbonyl (C=O) groups excluding carboxylic acids is 1. The van der Waals surface area contributed by atoms with Crippen LogP contribution in [0.4, 0.5) is 19.0 Å². The molecule has 1 aromatic carbocycles. The fourth-order valence-corrected chi connectivity index (χ4v) is 7.54. The van der Waals surface area contributed by atoms with Crippen molar-refractivity contribution < 1.29 is 51.2 Å². The maximum absolute atomic E-state index is 16.1. The summed E-state index contributed by atoms with van der Waals surface area (Å²) in [6.07, 6.45) is -9.63. The third kappa shape index (κ3) is 7.08. The molecule has 1 amide bonds. The van der Waals surface area contributed by atoms with Crippen molar-refractivity contribution in [1.29, 1.82) is 0 Å². The second-order valence-electron chi connectivity index (χ2n) is 12.0. The first kappa shape index (κ1) is 37.5. The highest BCUT2D eigenvalue weighted by atomic mass is 31.2. The number of nitrogens with zero attached hydrogens (tertiary/aromatic N) is 7. The summed E-state index contributed by atoms with van der Waals surface area (Å²) < 4.78 is 77.2. The number of halogens is 3. The van der Waals surface area contributed by atoms with Crippen LogP contribution < -0.4 is 10.9 Å². The molecule has 3 radical (unpaired) electrons. The van der Waals surface area contributed by atoms with Gasteiger partial charge in [-0.05, 0) is 12.1 Å². The van der Waals surface area contributed by atoms with E-state index in [1.54, 1.807) is 30.3 Å². The van der Waals surface area contributed by atoms with Crippen molar-refractivity contribution in [3.8, 4) is 0 Å². The topological polar surface area (TPSA) is 214 Å². The van der Waals surface area contributed by atoms with Crippen LogP contribution >= 0.6 is 7.82 Å². The van der Waals surface area contributed by atoms with Crippen LogP contribution in [-0.4, -0.2) is 121 Å². The number of H-pyrrole nitrogens is 1. The number of amides is 1. The van der Waals surface area contributed by atoms with Gasteiger partial charge < -0.3 is 34.8 Å². The normalized spacial score (nSPS) is 26.6. The molecular weight excluding hydrogens is 741 g/mol. The molecule has 3 unspecified atom stereocenters. The lowest BCUT2D eigenvalue weighted by atomic mass is 10.1. The van der Waals surface area contributed by atoms with Gasteiger partial charge in [-0.2, -0.15) is 7.57 Å². The summed E-state index contributed by atoms with van der Waals surface area (Å²) in [5.74, 6) is -1.44. The lowest BCUT2D eigenvalue weighted by Gasteiger charge is -2.34. The quantitative estimate of drug-likeness (QED) is 0.0584. The van der Waals surface area contributed by atoms with Gasteiger partial charge in [0.25, 0.3) is 11.5 Å². The van der Waals surface area contributed by atoms with E-state index in [4.69, 9.17) is 37.2 Å². The average Bonchev–Trinajstić information content (AvgIpc) is 3.91. The van der Waals surface area contributed by atoms with E-state index in [0.717, 1.165) is 23.4 Å². The standard InChI is InChI=1S/C31H28BF3N9O9P/c1-36-7-8-49-54(32,53-24-17(10-45)51-31(21(24)35)43-9-16(33)19-26(43)38-13-40-29(19)48)50-11-18-23(46)20(34)30(52-18)44-14-41-22-25(37-12-39-27(22)44)42-28(47)15-5-3-2-4-6-15/h2-6,9,12-14,17-18,20-21,23-24,30-31,45-46H,7-8,10-11H2,(H-,37,38,39,40,42,47,48)/q-1/p+1/t17-,18-,20+,21+,23?,24?,30-,31-,54?/m1/s1. The summed E-state index contributed by atoms with van der Waals surface area (Å²) in [6.45, 7) is 5.04. The lowest BCUT2D eigenvalue weighted by molar-refractivity contribution is -0.0543. The molecule has 0 saturated carbocycles. The van der Waals surface area contributed by atoms with Gasteiger partial charge in [0.15, 0.2) is 66.0 Å². The van der Waals surface area contributed by atoms with E-state index in [2.05, 4.69) is 35.1 Å². The number of hydrogen-bond acceptors (Lipinski definition) is 13. The number of aromatic amines is 1. The van der Waals surface area contributed by atoms with Gasteiger partial charge in [0, 0.05) is 11.8 Å². The number of imidazole rings is 1. The van der Waals surface area contributed by atoms with Crippen LogP contribution in [0.25, 0.3) is 27.0 Å². The predicted octanol–water partition coefficient (Wildman–Crippen LogP) is 1.96. The van der Waals surface area contributed by atoms with Crippen molar-refractivity contribution in [1.82, 2.24) is 34.1 Å². The number of aliphatic hydroxyl groups excluding tert-OH is 2. The minimum Gasteiger partial charge on any atom is -0.394 e. The molecule has 18 nitrogen and oxygen atoms in total. The molecule has 4 aromatic heterocycles. The van der Waals surface area contributed by atoms with Gasteiger partial charge in [-0.3, -0.25) is 18.7 Å². The Balaban J connectivity index is 1.07. The highest BCUT2D eigenvalue weighted by Crippen LogP contribution is 2.61. The lowest BCUT2D eigenvalue weighted by Crippen LogP contribution is -2.36. The Morgan fingerprint density at radius 2 is 1.83 bits per heavy atom. The zero-order valence-corrected chi connectivity index (χ0v) is 28.6. The molecule has 54 heavy (non-hydrogen) atoms. The molecule has 0 bridgehead atoms. The maximum atomic E-state index is 16.1. The van der Waals surface area contributed by atoms with Crippen LogP contribution in [0.1, 0.15) is 22.8 Å². The molecular formula is C31H29BF3N9O9P. The monoisotopic (exact) mass is 770 g/mol. The highest BCUT2D eigenvalue weighted by molar-refractivity contribution is 7.85. The average molecular weight is 770 g/mol. The molecule has 2 aliphatic heterocycles. The second-order valence-corrected chi connectivity index (χ2v) is 13.8. The summed E-state index contributed by atoms with van der Waals surface area (Å²) in [6, 6.07) is 8.33. The number of fused-ring (bicyclic) bond motifs is 2. The van der Waals surface area contributed by atoms with Crippen molar-refractivity contribution in [3.63, 3.8) is 0 Å². The number of ether oxygens (including phenoxy) is 2. The first-order valence-corrected chi connectivity index (χ1v) is 17.8. The van der Waals surface area contributed by atoms with Gasteiger partial charge in [0.2, 0.25) is 6.54 Å². The van der Waals surface area contributed by atoms with Gasteiger partial charge in [0.1, 0.15) is 44.5 Å². The fourth-order valence-electron chi connectivity index (χ4n) is 6.06. The van der Waals surface area contributed by atoms with E-state index >= 15 is 8.78 Å². The number of alkyl halides is 2. The van der Waals surface area contributed by atoms with Gasteiger partial charge >= 0.3 is 0 Å². The molecule has 4 N–H and O–H groups in total. The van der Waals surface area contributed by atoms with Crippen LogP contribution in [-0.2, 0) is 23.0 Å². The van der Waals surface area contributed by atoms with Crippen molar-refractivity contribution >= 4 is 49.3 Å². The summed E-state index contributed by atoms with van der Waals surface area (Å²) >= 11 is 0. The first-order chi connectivity index (χ1) is 26.0. The molecule has 281 valence electrons. The fraction of sp³-hybridized carbons (Fsp3) is 0.387. The predicted molar refractivity (Wildman–Crippen MR) is 182 cm³/mol. The molecule has 2 fully saturated rings. The zero-order valence-electron chi connectivity index (χ0n) is 27.7. The highest BCUT2D eigenvalue weighted by Gasteiger charge is 2.52. The third-order valence-corrected chi connectivity index (χ3v) is 10.2. The Morgan fingerprint density at radius 3 is 2.59 bits per heavy atom. The van der Waals surface area contributed by atoms with E-state index in [1.165, 1.54) is 10.9 Å². The van der Waals surface area contributed by atoms with E-state index < -0.39 is 92.9 Å². The Bertz CT molecular complexity index is 2250. The number of hydrogen-bond donors (Lipinski definition) is 4. The summed E-state index contributed by atoms with van der Waals surface area (Å²) in [7, 11) is 2.18. The van der Waals surface area contributed by atoms with E-state index in [-0.39, 0.29) is 35.8 Å². The Labute approximate surface area is 304 Å². The smallest absolute Gasteiger partial charge is 0.263 e. The number of benzene rings is 1. The molecule has 2 saturated heterocycles. The van der Waals surface area contributed by atoms with Crippen LogP contribution in [0.15, 0.2) is 60.3 Å².